The highest BCUT2D eigenvalue weighted by Crippen LogP contribution is 2.49. The van der Waals surface area contributed by atoms with Crippen molar-refractivity contribution in [3.05, 3.63) is 47.5 Å². The monoisotopic (exact) mass is 344 g/mol. The molecule has 1 aliphatic heterocycles. The Balaban J connectivity index is 1.92. The SMILES string of the molecule is COc1cc([C@@H]2[C@H](C)[C@@H](c3ccc(O)c(OC)c3)O[C@H]2C)ccc1O. The molecule has 0 unspecified atom stereocenters. The van der Waals surface area contributed by atoms with Gasteiger partial charge in [0, 0.05) is 5.92 Å². The highest BCUT2D eigenvalue weighted by molar-refractivity contribution is 5.45. The van der Waals surface area contributed by atoms with Gasteiger partial charge in [0.1, 0.15) is 0 Å². The Bertz CT molecular complexity index is 758. The summed E-state index contributed by atoms with van der Waals surface area (Å²) in [5, 5.41) is 19.6. The van der Waals surface area contributed by atoms with E-state index in [0.29, 0.717) is 11.5 Å². The van der Waals surface area contributed by atoms with Gasteiger partial charge in [-0.15, -0.1) is 0 Å². The zero-order valence-electron chi connectivity index (χ0n) is 14.9. The van der Waals surface area contributed by atoms with Crippen LogP contribution in [0.3, 0.4) is 0 Å². The summed E-state index contributed by atoms with van der Waals surface area (Å²) in [5.74, 6) is 1.52. The average molecular weight is 344 g/mol. The van der Waals surface area contributed by atoms with Crippen LogP contribution in [-0.4, -0.2) is 30.5 Å². The molecular formula is C20H24O5. The predicted molar refractivity (Wildman–Crippen MR) is 94.5 cm³/mol. The standard InChI is InChI=1S/C20H24O5/c1-11-19(13-5-7-15(21)17(9-13)23-3)12(2)25-20(11)14-6-8-16(22)18(10-14)24-4/h5-12,19-22H,1-4H3/t11-,12-,19+,20-/m0/s1. The topological polar surface area (TPSA) is 68.2 Å². The van der Waals surface area contributed by atoms with Crippen molar-refractivity contribution >= 4 is 0 Å². The molecule has 25 heavy (non-hydrogen) atoms. The number of hydrogen-bond acceptors (Lipinski definition) is 5. The molecule has 2 N–H and O–H groups in total. The summed E-state index contributed by atoms with van der Waals surface area (Å²) < 4.78 is 16.7. The van der Waals surface area contributed by atoms with Gasteiger partial charge in [-0.2, -0.15) is 0 Å². The Morgan fingerprint density at radius 1 is 0.840 bits per heavy atom. The Kier molecular flexibility index (Phi) is 4.77. The zero-order valence-corrected chi connectivity index (χ0v) is 14.9. The molecule has 4 atom stereocenters. The van der Waals surface area contributed by atoms with E-state index in [0.717, 1.165) is 11.1 Å². The van der Waals surface area contributed by atoms with Crippen molar-refractivity contribution in [1.82, 2.24) is 0 Å². The summed E-state index contributed by atoms with van der Waals surface area (Å²) in [5.41, 5.74) is 2.05. The molecule has 5 heteroatoms. The third kappa shape index (κ3) is 3.12. The van der Waals surface area contributed by atoms with E-state index in [2.05, 4.69) is 13.8 Å². The van der Waals surface area contributed by atoms with Gasteiger partial charge >= 0.3 is 0 Å². The van der Waals surface area contributed by atoms with Crippen molar-refractivity contribution in [2.75, 3.05) is 14.2 Å². The van der Waals surface area contributed by atoms with Gasteiger partial charge in [0.25, 0.3) is 0 Å². The van der Waals surface area contributed by atoms with Crippen LogP contribution in [0.5, 0.6) is 23.0 Å². The van der Waals surface area contributed by atoms with Crippen molar-refractivity contribution in [1.29, 1.82) is 0 Å². The Morgan fingerprint density at radius 2 is 1.36 bits per heavy atom. The molecule has 2 aromatic rings. The normalized spacial score (nSPS) is 25.8. The van der Waals surface area contributed by atoms with E-state index >= 15 is 0 Å². The average Bonchev–Trinajstić information content (AvgIpc) is 2.90. The Labute approximate surface area is 147 Å². The summed E-state index contributed by atoms with van der Waals surface area (Å²) in [6.07, 6.45) is -0.0941. The molecule has 1 saturated heterocycles. The van der Waals surface area contributed by atoms with Gasteiger partial charge in [0.15, 0.2) is 23.0 Å². The largest absolute Gasteiger partial charge is 0.504 e. The summed E-state index contributed by atoms with van der Waals surface area (Å²) in [7, 11) is 3.08. The first kappa shape index (κ1) is 17.4. The second kappa shape index (κ2) is 6.84. The molecule has 0 aliphatic carbocycles. The van der Waals surface area contributed by atoms with E-state index in [1.54, 1.807) is 19.2 Å². The number of benzene rings is 2. The molecule has 3 rings (SSSR count). The van der Waals surface area contributed by atoms with Gasteiger partial charge in [-0.1, -0.05) is 19.1 Å². The molecule has 5 nitrogen and oxygen atoms in total. The second-order valence-electron chi connectivity index (χ2n) is 6.51. The Hall–Kier alpha value is -2.40. The molecule has 1 heterocycles. The van der Waals surface area contributed by atoms with Crippen LogP contribution in [0.4, 0.5) is 0 Å². The maximum absolute atomic E-state index is 9.83. The van der Waals surface area contributed by atoms with Crippen molar-refractivity contribution in [2.24, 2.45) is 5.92 Å². The molecule has 134 valence electrons. The van der Waals surface area contributed by atoms with E-state index in [-0.39, 0.29) is 35.5 Å². The van der Waals surface area contributed by atoms with Gasteiger partial charge in [-0.25, -0.2) is 0 Å². The van der Waals surface area contributed by atoms with Gasteiger partial charge in [0.05, 0.1) is 26.4 Å². The molecule has 0 aromatic heterocycles. The highest BCUT2D eigenvalue weighted by Gasteiger charge is 2.41. The minimum absolute atomic E-state index is 0.00838. The first-order chi connectivity index (χ1) is 12.0. The lowest BCUT2D eigenvalue weighted by atomic mass is 9.81. The molecular weight excluding hydrogens is 320 g/mol. The lowest BCUT2D eigenvalue weighted by Crippen LogP contribution is -2.14. The van der Waals surface area contributed by atoms with Crippen LogP contribution in [-0.2, 0) is 4.74 Å². The van der Waals surface area contributed by atoms with Crippen LogP contribution in [0.2, 0.25) is 0 Å². The minimum atomic E-state index is -0.103. The van der Waals surface area contributed by atoms with E-state index in [1.807, 2.05) is 24.3 Å². The molecule has 0 amide bonds. The van der Waals surface area contributed by atoms with Gasteiger partial charge in [-0.05, 0) is 48.2 Å². The molecule has 0 radical (unpaired) electrons. The molecule has 0 saturated carbocycles. The number of phenols is 2. The van der Waals surface area contributed by atoms with Gasteiger partial charge in [-0.3, -0.25) is 0 Å². The Morgan fingerprint density at radius 3 is 1.92 bits per heavy atom. The highest BCUT2D eigenvalue weighted by atomic mass is 16.5. The van der Waals surface area contributed by atoms with Crippen molar-refractivity contribution in [3.8, 4) is 23.0 Å². The fourth-order valence-electron chi connectivity index (χ4n) is 3.79. The van der Waals surface area contributed by atoms with Crippen LogP contribution in [0.1, 0.15) is 37.0 Å². The van der Waals surface area contributed by atoms with Crippen LogP contribution in [0.25, 0.3) is 0 Å². The maximum Gasteiger partial charge on any atom is 0.160 e. The molecule has 0 bridgehead atoms. The zero-order chi connectivity index (χ0) is 18.1. The number of rotatable bonds is 4. The minimum Gasteiger partial charge on any atom is -0.504 e. The van der Waals surface area contributed by atoms with Crippen molar-refractivity contribution in [3.63, 3.8) is 0 Å². The van der Waals surface area contributed by atoms with Gasteiger partial charge < -0.3 is 24.4 Å². The maximum atomic E-state index is 9.83. The number of methoxy groups -OCH3 is 2. The molecule has 1 aliphatic rings. The van der Waals surface area contributed by atoms with Crippen LogP contribution in [0.15, 0.2) is 36.4 Å². The second-order valence-corrected chi connectivity index (χ2v) is 6.51. The lowest BCUT2D eigenvalue weighted by Gasteiger charge is -2.21. The molecule has 2 aromatic carbocycles. The third-order valence-corrected chi connectivity index (χ3v) is 5.03. The van der Waals surface area contributed by atoms with Crippen molar-refractivity contribution in [2.45, 2.75) is 32.0 Å². The summed E-state index contributed by atoms with van der Waals surface area (Å²) in [6.45, 7) is 4.20. The summed E-state index contributed by atoms with van der Waals surface area (Å²) in [6, 6.07) is 10.8. The molecule has 0 spiro atoms. The first-order valence-electron chi connectivity index (χ1n) is 8.35. The van der Waals surface area contributed by atoms with E-state index in [4.69, 9.17) is 14.2 Å². The third-order valence-electron chi connectivity index (χ3n) is 5.03. The quantitative estimate of drug-likeness (QED) is 0.877. The van der Waals surface area contributed by atoms with E-state index in [1.165, 1.54) is 7.11 Å². The number of hydrogen-bond donors (Lipinski definition) is 2. The smallest absolute Gasteiger partial charge is 0.160 e. The number of ether oxygens (including phenoxy) is 3. The predicted octanol–water partition coefficient (Wildman–Crippen LogP) is 3.99. The van der Waals surface area contributed by atoms with Crippen LogP contribution >= 0.6 is 0 Å². The number of phenolic OH excluding ortho intramolecular Hbond substituents is 2. The summed E-state index contributed by atoms with van der Waals surface area (Å²) in [4.78, 5) is 0. The van der Waals surface area contributed by atoms with E-state index in [9.17, 15) is 10.2 Å². The first-order valence-corrected chi connectivity index (χ1v) is 8.35. The van der Waals surface area contributed by atoms with Gasteiger partial charge in [0.2, 0.25) is 0 Å². The van der Waals surface area contributed by atoms with Crippen LogP contribution in [0, 0.1) is 5.92 Å². The lowest BCUT2D eigenvalue weighted by molar-refractivity contribution is 0.0431. The summed E-state index contributed by atoms with van der Waals surface area (Å²) >= 11 is 0. The fourth-order valence-corrected chi connectivity index (χ4v) is 3.79. The van der Waals surface area contributed by atoms with Crippen LogP contribution < -0.4 is 9.47 Å². The molecule has 1 fully saturated rings. The fraction of sp³-hybridized carbons (Fsp3) is 0.400. The van der Waals surface area contributed by atoms with E-state index < -0.39 is 0 Å². The number of aromatic hydroxyl groups is 2. The van der Waals surface area contributed by atoms with Crippen molar-refractivity contribution < 1.29 is 24.4 Å².